The summed E-state index contributed by atoms with van der Waals surface area (Å²) in [4.78, 5) is 16.5. The normalized spacial score (nSPS) is 10.7. The van der Waals surface area contributed by atoms with Crippen LogP contribution < -0.4 is 5.32 Å². The van der Waals surface area contributed by atoms with Crippen LogP contribution in [0.25, 0.3) is 11.4 Å². The maximum atomic E-state index is 12.2. The summed E-state index contributed by atoms with van der Waals surface area (Å²) in [7, 11) is 0. The number of hydrogen-bond acceptors (Lipinski definition) is 4. The number of hydrogen-bond donors (Lipinski definition) is 1. The fourth-order valence-corrected chi connectivity index (χ4v) is 2.87. The third-order valence-corrected chi connectivity index (χ3v) is 4.34. The van der Waals surface area contributed by atoms with E-state index in [4.69, 9.17) is 4.52 Å². The Bertz CT molecular complexity index is 905. The fourth-order valence-electron chi connectivity index (χ4n) is 2.47. The first-order valence-electron chi connectivity index (χ1n) is 7.92. The molecule has 5 nitrogen and oxygen atoms in total. The van der Waals surface area contributed by atoms with Crippen LogP contribution >= 0.6 is 15.9 Å². The van der Waals surface area contributed by atoms with Gasteiger partial charge in [-0.1, -0.05) is 57.0 Å². The maximum Gasteiger partial charge on any atom is 0.246 e. The molecule has 0 bridgehead atoms. The van der Waals surface area contributed by atoms with Gasteiger partial charge in [0.15, 0.2) is 0 Å². The second kappa shape index (κ2) is 7.61. The molecule has 0 radical (unpaired) electrons. The van der Waals surface area contributed by atoms with E-state index >= 15 is 0 Å². The number of nitrogens with zero attached hydrogens (tertiary/aromatic N) is 2. The molecule has 0 saturated heterocycles. The molecule has 0 spiro atoms. The minimum Gasteiger partial charge on any atom is -0.347 e. The first kappa shape index (κ1) is 17.4. The summed E-state index contributed by atoms with van der Waals surface area (Å²) in [5.41, 5.74) is 4.13. The molecule has 0 fully saturated rings. The van der Waals surface area contributed by atoms with Crippen molar-refractivity contribution in [1.82, 2.24) is 15.5 Å². The first-order valence-corrected chi connectivity index (χ1v) is 8.72. The van der Waals surface area contributed by atoms with Gasteiger partial charge in [0.2, 0.25) is 17.6 Å². The van der Waals surface area contributed by atoms with Crippen molar-refractivity contribution in [2.45, 2.75) is 26.8 Å². The Morgan fingerprint density at radius 2 is 2.04 bits per heavy atom. The van der Waals surface area contributed by atoms with E-state index in [0.29, 0.717) is 18.1 Å². The SMILES string of the molecule is Cc1ccc(C)c(CC(=O)NCc2nc(-c3cccc(Br)c3)no2)c1. The Kier molecular flexibility index (Phi) is 5.28. The van der Waals surface area contributed by atoms with E-state index in [0.717, 1.165) is 26.7 Å². The van der Waals surface area contributed by atoms with Crippen molar-refractivity contribution in [3.05, 3.63) is 69.5 Å². The van der Waals surface area contributed by atoms with Gasteiger partial charge in [-0.3, -0.25) is 4.79 Å². The van der Waals surface area contributed by atoms with Gasteiger partial charge < -0.3 is 9.84 Å². The first-order chi connectivity index (χ1) is 12.0. The van der Waals surface area contributed by atoms with Crippen LogP contribution in [0.1, 0.15) is 22.6 Å². The highest BCUT2D eigenvalue weighted by Gasteiger charge is 2.11. The quantitative estimate of drug-likeness (QED) is 0.704. The third kappa shape index (κ3) is 4.54. The summed E-state index contributed by atoms with van der Waals surface area (Å²) in [6.07, 6.45) is 0.333. The van der Waals surface area contributed by atoms with Crippen LogP contribution in [0, 0.1) is 13.8 Å². The van der Waals surface area contributed by atoms with Gasteiger partial charge in [-0.2, -0.15) is 4.98 Å². The van der Waals surface area contributed by atoms with E-state index in [1.165, 1.54) is 0 Å². The molecule has 0 saturated carbocycles. The standard InChI is InChI=1S/C19H18BrN3O2/c1-12-6-7-13(2)15(8-12)10-17(24)21-11-18-22-19(23-25-18)14-4-3-5-16(20)9-14/h3-9H,10-11H2,1-2H3,(H,21,24). The van der Waals surface area contributed by atoms with E-state index in [2.05, 4.69) is 31.4 Å². The highest BCUT2D eigenvalue weighted by atomic mass is 79.9. The highest BCUT2D eigenvalue weighted by Crippen LogP contribution is 2.20. The molecular formula is C19H18BrN3O2. The highest BCUT2D eigenvalue weighted by molar-refractivity contribution is 9.10. The Hall–Kier alpha value is -2.47. The monoisotopic (exact) mass is 399 g/mol. The van der Waals surface area contributed by atoms with Crippen molar-refractivity contribution in [2.75, 3.05) is 0 Å². The minimum atomic E-state index is -0.0732. The Labute approximate surface area is 154 Å². The average Bonchev–Trinajstić information content (AvgIpc) is 3.05. The van der Waals surface area contributed by atoms with Crippen LogP contribution in [0.2, 0.25) is 0 Å². The van der Waals surface area contributed by atoms with Crippen LogP contribution in [0.3, 0.4) is 0 Å². The lowest BCUT2D eigenvalue weighted by Crippen LogP contribution is -2.25. The van der Waals surface area contributed by atoms with Crippen molar-refractivity contribution in [3.8, 4) is 11.4 Å². The molecule has 0 atom stereocenters. The molecule has 0 aliphatic carbocycles. The molecule has 0 aliphatic heterocycles. The summed E-state index contributed by atoms with van der Waals surface area (Å²) in [6.45, 7) is 4.23. The topological polar surface area (TPSA) is 68.0 Å². The number of nitrogens with one attached hydrogen (secondary N) is 1. The number of aromatic nitrogens is 2. The van der Waals surface area contributed by atoms with E-state index in [1.54, 1.807) is 0 Å². The van der Waals surface area contributed by atoms with Gasteiger partial charge >= 0.3 is 0 Å². The predicted octanol–water partition coefficient (Wildman–Crippen LogP) is 3.97. The fraction of sp³-hybridized carbons (Fsp3) is 0.211. The molecule has 1 heterocycles. The van der Waals surface area contributed by atoms with Gasteiger partial charge in [0, 0.05) is 10.0 Å². The molecule has 2 aromatic carbocycles. The molecule has 1 aromatic heterocycles. The van der Waals surface area contributed by atoms with Crippen molar-refractivity contribution in [2.24, 2.45) is 0 Å². The van der Waals surface area contributed by atoms with E-state index < -0.39 is 0 Å². The summed E-state index contributed by atoms with van der Waals surface area (Å²) in [6, 6.07) is 13.7. The van der Waals surface area contributed by atoms with Crippen LogP contribution in [0.5, 0.6) is 0 Å². The van der Waals surface area contributed by atoms with E-state index in [-0.39, 0.29) is 12.5 Å². The second-order valence-electron chi connectivity index (χ2n) is 5.91. The van der Waals surface area contributed by atoms with Crippen molar-refractivity contribution in [3.63, 3.8) is 0 Å². The third-order valence-electron chi connectivity index (χ3n) is 3.84. The van der Waals surface area contributed by atoms with Crippen LogP contribution in [0.15, 0.2) is 51.5 Å². The molecule has 0 unspecified atom stereocenters. The molecule has 128 valence electrons. The number of carbonyl (C=O) groups excluding carboxylic acids is 1. The lowest BCUT2D eigenvalue weighted by molar-refractivity contribution is -0.120. The van der Waals surface area contributed by atoms with Crippen molar-refractivity contribution < 1.29 is 9.32 Å². The Balaban J connectivity index is 1.60. The van der Waals surface area contributed by atoms with Gasteiger partial charge in [-0.25, -0.2) is 0 Å². The van der Waals surface area contributed by atoms with Gasteiger partial charge in [-0.15, -0.1) is 0 Å². The summed E-state index contributed by atoms with van der Waals surface area (Å²) >= 11 is 3.42. The van der Waals surface area contributed by atoms with Crippen molar-refractivity contribution >= 4 is 21.8 Å². The van der Waals surface area contributed by atoms with Crippen LogP contribution in [0.4, 0.5) is 0 Å². The van der Waals surface area contributed by atoms with E-state index in [9.17, 15) is 4.79 Å². The molecule has 1 amide bonds. The number of benzene rings is 2. The Morgan fingerprint density at radius 1 is 1.20 bits per heavy atom. The van der Waals surface area contributed by atoms with Gasteiger partial charge in [0.1, 0.15) is 0 Å². The van der Waals surface area contributed by atoms with Gasteiger partial charge in [0.05, 0.1) is 13.0 Å². The second-order valence-corrected chi connectivity index (χ2v) is 6.82. The molecule has 1 N–H and O–H groups in total. The molecular weight excluding hydrogens is 382 g/mol. The molecule has 0 aliphatic rings. The number of rotatable bonds is 5. The van der Waals surface area contributed by atoms with Gasteiger partial charge in [0.25, 0.3) is 0 Å². The smallest absolute Gasteiger partial charge is 0.246 e. The number of aryl methyl sites for hydroxylation is 2. The zero-order valence-corrected chi connectivity index (χ0v) is 15.6. The summed E-state index contributed by atoms with van der Waals surface area (Å²) in [5, 5.41) is 6.78. The molecule has 25 heavy (non-hydrogen) atoms. The van der Waals surface area contributed by atoms with Crippen LogP contribution in [-0.2, 0) is 17.8 Å². The minimum absolute atomic E-state index is 0.0732. The molecule has 3 aromatic rings. The zero-order chi connectivity index (χ0) is 17.8. The van der Waals surface area contributed by atoms with E-state index in [1.807, 2.05) is 56.3 Å². The Morgan fingerprint density at radius 3 is 2.84 bits per heavy atom. The average molecular weight is 400 g/mol. The van der Waals surface area contributed by atoms with Crippen LogP contribution in [-0.4, -0.2) is 16.0 Å². The largest absolute Gasteiger partial charge is 0.347 e. The number of carbonyl (C=O) groups is 1. The zero-order valence-electron chi connectivity index (χ0n) is 14.0. The number of amides is 1. The molecule has 6 heteroatoms. The molecule has 3 rings (SSSR count). The summed E-state index contributed by atoms with van der Waals surface area (Å²) in [5.74, 6) is 0.806. The maximum absolute atomic E-state index is 12.2. The predicted molar refractivity (Wildman–Crippen MR) is 98.9 cm³/mol. The van der Waals surface area contributed by atoms with Crippen molar-refractivity contribution in [1.29, 1.82) is 0 Å². The lowest BCUT2D eigenvalue weighted by Gasteiger charge is -2.07. The van der Waals surface area contributed by atoms with Gasteiger partial charge in [-0.05, 0) is 37.1 Å². The summed E-state index contributed by atoms with van der Waals surface area (Å²) < 4.78 is 6.15. The number of halogens is 1. The lowest BCUT2D eigenvalue weighted by atomic mass is 10.0.